The molecular weight excluding hydrogens is 396 g/mol. The van der Waals surface area contributed by atoms with Gasteiger partial charge in [-0.25, -0.2) is 4.98 Å². The largest absolute Gasteiger partial charge is 0.376 e. The van der Waals surface area contributed by atoms with E-state index in [-0.39, 0.29) is 5.11 Å². The summed E-state index contributed by atoms with van der Waals surface area (Å²) < 4.78 is 2.13. The van der Waals surface area contributed by atoms with Crippen LogP contribution < -0.4 is 11.1 Å². The van der Waals surface area contributed by atoms with Crippen LogP contribution >= 0.6 is 35.6 Å². The number of anilines is 1. The predicted molar refractivity (Wildman–Crippen MR) is 118 cm³/mol. The third-order valence-electron chi connectivity index (χ3n) is 4.07. The van der Waals surface area contributed by atoms with Crippen molar-refractivity contribution in [2.75, 3.05) is 5.32 Å². The highest BCUT2D eigenvalue weighted by Gasteiger charge is 2.12. The maximum atomic E-state index is 5.99. The van der Waals surface area contributed by atoms with Gasteiger partial charge in [0, 0.05) is 39.8 Å². The summed E-state index contributed by atoms with van der Waals surface area (Å²) in [7, 11) is 0. The van der Waals surface area contributed by atoms with Gasteiger partial charge in [0.2, 0.25) is 0 Å². The standard InChI is InChI=1S/C20H21ClN4S2/c21-16-4-1-15(2-5-16)3-8-19(13-25-12-11-23-14-25)27-18-9-6-17(7-10-18)24-20(22)26/h1-2,4-7,9-12,14,19H,3,8,13H2,(H3,22,24,26). The van der Waals surface area contributed by atoms with E-state index < -0.39 is 0 Å². The van der Waals surface area contributed by atoms with Gasteiger partial charge >= 0.3 is 0 Å². The van der Waals surface area contributed by atoms with Crippen molar-refractivity contribution in [3.8, 4) is 0 Å². The van der Waals surface area contributed by atoms with Crippen LogP contribution in [0, 0.1) is 0 Å². The number of nitrogens with one attached hydrogen (secondary N) is 1. The van der Waals surface area contributed by atoms with Crippen molar-refractivity contribution in [3.05, 3.63) is 77.8 Å². The number of nitrogens with two attached hydrogens (primary N) is 1. The van der Waals surface area contributed by atoms with Gasteiger partial charge in [0.15, 0.2) is 5.11 Å². The number of aromatic nitrogens is 2. The average Bonchev–Trinajstić information content (AvgIpc) is 3.15. The molecule has 0 aliphatic rings. The first kappa shape index (κ1) is 19.7. The molecule has 0 radical (unpaired) electrons. The highest BCUT2D eigenvalue weighted by atomic mass is 35.5. The summed E-state index contributed by atoms with van der Waals surface area (Å²) in [6.07, 6.45) is 7.75. The predicted octanol–water partition coefficient (Wildman–Crippen LogP) is 4.99. The molecule has 2 aromatic carbocycles. The topological polar surface area (TPSA) is 55.9 Å². The monoisotopic (exact) mass is 416 g/mol. The van der Waals surface area contributed by atoms with Gasteiger partial charge < -0.3 is 15.6 Å². The summed E-state index contributed by atoms with van der Waals surface area (Å²) in [4.78, 5) is 5.37. The van der Waals surface area contributed by atoms with Gasteiger partial charge in [-0.3, -0.25) is 0 Å². The summed E-state index contributed by atoms with van der Waals surface area (Å²) in [6.45, 7) is 0.908. The molecule has 3 rings (SSSR count). The van der Waals surface area contributed by atoms with E-state index in [4.69, 9.17) is 29.6 Å². The van der Waals surface area contributed by atoms with E-state index in [1.807, 2.05) is 54.7 Å². The van der Waals surface area contributed by atoms with Crippen molar-refractivity contribution < 1.29 is 0 Å². The molecule has 4 nitrogen and oxygen atoms in total. The molecule has 1 aromatic heterocycles. The molecule has 0 aliphatic heterocycles. The van der Waals surface area contributed by atoms with Crippen LogP contribution in [-0.4, -0.2) is 19.9 Å². The molecule has 0 aliphatic carbocycles. The molecule has 3 N–H and O–H groups in total. The summed E-state index contributed by atoms with van der Waals surface area (Å²) in [6, 6.07) is 16.3. The lowest BCUT2D eigenvalue weighted by Gasteiger charge is -2.18. The zero-order valence-electron chi connectivity index (χ0n) is 14.7. The van der Waals surface area contributed by atoms with Crippen LogP contribution in [0.15, 0.2) is 72.1 Å². The third kappa shape index (κ3) is 6.57. The second kappa shape index (κ2) is 9.78. The summed E-state index contributed by atoms with van der Waals surface area (Å²) in [5.41, 5.74) is 7.72. The Morgan fingerprint density at radius 2 is 1.93 bits per heavy atom. The SMILES string of the molecule is NC(=S)Nc1ccc(SC(CCc2ccc(Cl)cc2)Cn2ccnc2)cc1. The number of hydrogen-bond acceptors (Lipinski definition) is 3. The molecule has 1 atom stereocenters. The fourth-order valence-corrected chi connectivity index (χ4v) is 4.15. The number of benzene rings is 2. The maximum absolute atomic E-state index is 5.99. The first-order valence-corrected chi connectivity index (χ1v) is 10.3. The highest BCUT2D eigenvalue weighted by molar-refractivity contribution is 8.00. The molecule has 1 unspecified atom stereocenters. The van der Waals surface area contributed by atoms with Gasteiger partial charge in [0.25, 0.3) is 0 Å². The van der Waals surface area contributed by atoms with Crippen LogP contribution in [0.5, 0.6) is 0 Å². The minimum atomic E-state index is 0.274. The molecule has 0 bridgehead atoms. The van der Waals surface area contributed by atoms with Crippen LogP contribution in [-0.2, 0) is 13.0 Å². The lowest BCUT2D eigenvalue weighted by atomic mass is 10.1. The molecule has 1 heterocycles. The smallest absolute Gasteiger partial charge is 0.168 e. The van der Waals surface area contributed by atoms with Gasteiger partial charge in [-0.1, -0.05) is 23.7 Å². The fraction of sp³-hybridized carbons (Fsp3) is 0.200. The molecule has 0 saturated carbocycles. The number of rotatable bonds is 8. The molecule has 7 heteroatoms. The van der Waals surface area contributed by atoms with Gasteiger partial charge in [-0.2, -0.15) is 0 Å². The van der Waals surface area contributed by atoms with Crippen molar-refractivity contribution in [2.45, 2.75) is 29.5 Å². The Kier molecular flexibility index (Phi) is 7.15. The maximum Gasteiger partial charge on any atom is 0.168 e. The summed E-state index contributed by atoms with van der Waals surface area (Å²) >= 11 is 12.7. The zero-order valence-corrected chi connectivity index (χ0v) is 17.1. The van der Waals surface area contributed by atoms with Crippen molar-refractivity contribution in [1.82, 2.24) is 9.55 Å². The molecule has 140 valence electrons. The fourth-order valence-electron chi connectivity index (χ4n) is 2.75. The minimum absolute atomic E-state index is 0.274. The lowest BCUT2D eigenvalue weighted by Crippen LogP contribution is -2.18. The van der Waals surface area contributed by atoms with Crippen LogP contribution in [0.25, 0.3) is 0 Å². The van der Waals surface area contributed by atoms with Crippen molar-refractivity contribution >= 4 is 46.4 Å². The van der Waals surface area contributed by atoms with Gasteiger partial charge in [0.1, 0.15) is 0 Å². The average molecular weight is 417 g/mol. The van der Waals surface area contributed by atoms with E-state index in [9.17, 15) is 0 Å². The first-order chi connectivity index (χ1) is 13.1. The van der Waals surface area contributed by atoms with Crippen molar-refractivity contribution in [3.63, 3.8) is 0 Å². The van der Waals surface area contributed by atoms with Gasteiger partial charge in [-0.05, 0) is 67.0 Å². The third-order valence-corrected chi connectivity index (χ3v) is 5.68. The van der Waals surface area contributed by atoms with Crippen LogP contribution in [0.3, 0.4) is 0 Å². The van der Waals surface area contributed by atoms with E-state index in [0.717, 1.165) is 30.1 Å². The Hall–Kier alpha value is -2.02. The second-order valence-corrected chi connectivity index (χ2v) is 8.43. The van der Waals surface area contributed by atoms with E-state index in [1.165, 1.54) is 10.5 Å². The minimum Gasteiger partial charge on any atom is -0.376 e. The number of thiocarbonyl (C=S) groups is 1. The Balaban J connectivity index is 1.65. The molecular formula is C20H21ClN4S2. The second-order valence-electron chi connectivity index (χ2n) is 6.18. The number of thioether (sulfide) groups is 1. The molecule has 3 aromatic rings. The normalized spacial score (nSPS) is 11.9. The van der Waals surface area contributed by atoms with Crippen molar-refractivity contribution in [2.24, 2.45) is 5.73 Å². The summed E-state index contributed by atoms with van der Waals surface area (Å²) in [5, 5.41) is 4.42. The zero-order chi connectivity index (χ0) is 19.1. The number of nitrogens with zero attached hydrogens (tertiary/aromatic N) is 2. The van der Waals surface area contributed by atoms with E-state index >= 15 is 0 Å². The molecule has 0 amide bonds. The Bertz CT molecular complexity index is 849. The number of imidazole rings is 1. The molecule has 27 heavy (non-hydrogen) atoms. The molecule has 0 saturated heterocycles. The highest BCUT2D eigenvalue weighted by Crippen LogP contribution is 2.29. The summed E-state index contributed by atoms with van der Waals surface area (Å²) in [5.74, 6) is 0. The number of halogens is 1. The van der Waals surface area contributed by atoms with Crippen LogP contribution in [0.4, 0.5) is 5.69 Å². The molecule has 0 spiro atoms. The van der Waals surface area contributed by atoms with E-state index in [1.54, 1.807) is 0 Å². The Labute approximate surface area is 174 Å². The Morgan fingerprint density at radius 3 is 2.56 bits per heavy atom. The van der Waals surface area contributed by atoms with E-state index in [2.05, 4.69) is 39.1 Å². The first-order valence-electron chi connectivity index (χ1n) is 8.62. The van der Waals surface area contributed by atoms with Gasteiger partial charge in [-0.15, -0.1) is 11.8 Å². The quantitative estimate of drug-likeness (QED) is 0.400. The van der Waals surface area contributed by atoms with E-state index in [0.29, 0.717) is 5.25 Å². The number of hydrogen-bond donors (Lipinski definition) is 2. The lowest BCUT2D eigenvalue weighted by molar-refractivity contribution is 0.624. The van der Waals surface area contributed by atoms with Gasteiger partial charge in [0.05, 0.1) is 6.33 Å². The van der Waals surface area contributed by atoms with Crippen molar-refractivity contribution in [1.29, 1.82) is 0 Å². The Morgan fingerprint density at radius 1 is 1.19 bits per heavy atom. The van der Waals surface area contributed by atoms with Crippen LogP contribution in [0.2, 0.25) is 5.02 Å². The van der Waals surface area contributed by atoms with Crippen LogP contribution in [0.1, 0.15) is 12.0 Å². The number of aryl methyl sites for hydroxylation is 1. The molecule has 0 fully saturated rings.